The zero-order valence-corrected chi connectivity index (χ0v) is 13.0. The highest BCUT2D eigenvalue weighted by Gasteiger charge is 2.15. The molecular weight excluding hydrogens is 304 g/mol. The first-order valence-electron chi connectivity index (χ1n) is 7.86. The number of amides is 1. The molecule has 1 N–H and O–H groups in total. The van der Waals surface area contributed by atoms with Crippen molar-refractivity contribution >= 4 is 22.5 Å². The van der Waals surface area contributed by atoms with E-state index in [1.807, 2.05) is 30.3 Å². The highest BCUT2D eigenvalue weighted by molar-refractivity contribution is 6.08. The standard InChI is InChI=1S/C19H16N2O3/c22-19(14-6-7-16-17(12-14)24-11-3-10-23-16)21-18-15-5-2-1-4-13(15)8-9-20-18/h1-2,4-9,12H,3,10-11H2,(H,20,21,22). The molecule has 2 aromatic carbocycles. The van der Waals surface area contributed by atoms with Gasteiger partial charge in [0.1, 0.15) is 5.82 Å². The second kappa shape index (κ2) is 6.20. The van der Waals surface area contributed by atoms with E-state index in [-0.39, 0.29) is 5.91 Å². The Morgan fingerprint density at radius 3 is 2.75 bits per heavy atom. The molecule has 0 fully saturated rings. The molecule has 1 aliphatic heterocycles. The molecule has 0 saturated carbocycles. The topological polar surface area (TPSA) is 60.5 Å². The number of rotatable bonds is 2. The number of nitrogens with one attached hydrogen (secondary N) is 1. The molecular formula is C19H16N2O3. The Hall–Kier alpha value is -3.08. The highest BCUT2D eigenvalue weighted by atomic mass is 16.5. The summed E-state index contributed by atoms with van der Waals surface area (Å²) in [6.45, 7) is 1.21. The van der Waals surface area contributed by atoms with Gasteiger partial charge in [-0.2, -0.15) is 0 Å². The molecule has 0 spiro atoms. The number of hydrogen-bond donors (Lipinski definition) is 1. The maximum atomic E-state index is 12.6. The molecule has 2 heterocycles. The number of fused-ring (bicyclic) bond motifs is 2. The zero-order chi connectivity index (χ0) is 16.4. The Morgan fingerprint density at radius 2 is 1.83 bits per heavy atom. The van der Waals surface area contributed by atoms with Gasteiger partial charge < -0.3 is 14.8 Å². The van der Waals surface area contributed by atoms with Gasteiger partial charge in [-0.15, -0.1) is 0 Å². The van der Waals surface area contributed by atoms with E-state index in [1.165, 1.54) is 0 Å². The van der Waals surface area contributed by atoms with Crippen molar-refractivity contribution in [2.24, 2.45) is 0 Å². The Balaban J connectivity index is 1.63. The van der Waals surface area contributed by atoms with Crippen molar-refractivity contribution < 1.29 is 14.3 Å². The maximum absolute atomic E-state index is 12.6. The lowest BCUT2D eigenvalue weighted by molar-refractivity contribution is 0.102. The van der Waals surface area contributed by atoms with E-state index in [9.17, 15) is 4.79 Å². The van der Waals surface area contributed by atoms with Gasteiger partial charge in [-0.05, 0) is 29.7 Å². The molecule has 0 saturated heterocycles. The second-order valence-corrected chi connectivity index (χ2v) is 5.55. The molecule has 0 unspecified atom stereocenters. The SMILES string of the molecule is O=C(Nc1nccc2ccccc12)c1ccc2c(c1)OCCCO2. The van der Waals surface area contributed by atoms with Crippen LogP contribution in [0.3, 0.4) is 0 Å². The lowest BCUT2D eigenvalue weighted by Crippen LogP contribution is -2.13. The molecule has 120 valence electrons. The van der Waals surface area contributed by atoms with E-state index in [0.717, 1.165) is 17.2 Å². The largest absolute Gasteiger partial charge is 0.490 e. The minimum atomic E-state index is -0.227. The third-order valence-corrected chi connectivity index (χ3v) is 3.92. The fourth-order valence-electron chi connectivity index (χ4n) is 2.70. The molecule has 1 aliphatic rings. The summed E-state index contributed by atoms with van der Waals surface area (Å²) in [5, 5.41) is 4.81. The summed E-state index contributed by atoms with van der Waals surface area (Å²) >= 11 is 0. The number of anilines is 1. The van der Waals surface area contributed by atoms with Crippen LogP contribution in [0.25, 0.3) is 10.8 Å². The van der Waals surface area contributed by atoms with Crippen LogP contribution < -0.4 is 14.8 Å². The predicted octanol–water partition coefficient (Wildman–Crippen LogP) is 3.65. The van der Waals surface area contributed by atoms with Crippen molar-refractivity contribution in [3.8, 4) is 11.5 Å². The van der Waals surface area contributed by atoms with Gasteiger partial charge in [0.05, 0.1) is 13.2 Å². The van der Waals surface area contributed by atoms with Gasteiger partial charge in [-0.25, -0.2) is 4.98 Å². The normalized spacial score (nSPS) is 13.3. The minimum Gasteiger partial charge on any atom is -0.490 e. The van der Waals surface area contributed by atoms with Crippen molar-refractivity contribution in [1.82, 2.24) is 4.98 Å². The van der Waals surface area contributed by atoms with Crippen molar-refractivity contribution in [2.45, 2.75) is 6.42 Å². The summed E-state index contributed by atoms with van der Waals surface area (Å²) in [4.78, 5) is 16.9. The average molecular weight is 320 g/mol. The summed E-state index contributed by atoms with van der Waals surface area (Å²) in [6, 6.07) is 14.9. The number of ether oxygens (including phenoxy) is 2. The van der Waals surface area contributed by atoms with E-state index in [4.69, 9.17) is 9.47 Å². The van der Waals surface area contributed by atoms with Gasteiger partial charge in [0.2, 0.25) is 0 Å². The first kappa shape index (κ1) is 14.5. The van der Waals surface area contributed by atoms with E-state index in [1.54, 1.807) is 24.4 Å². The zero-order valence-electron chi connectivity index (χ0n) is 13.0. The van der Waals surface area contributed by atoms with Gasteiger partial charge in [0.15, 0.2) is 11.5 Å². The van der Waals surface area contributed by atoms with Crippen LogP contribution >= 0.6 is 0 Å². The number of benzene rings is 2. The predicted molar refractivity (Wildman–Crippen MR) is 91.7 cm³/mol. The summed E-state index contributed by atoms with van der Waals surface area (Å²) in [6.07, 6.45) is 2.52. The number of nitrogens with zero attached hydrogens (tertiary/aromatic N) is 1. The van der Waals surface area contributed by atoms with Crippen LogP contribution in [0, 0.1) is 0 Å². The van der Waals surface area contributed by atoms with Gasteiger partial charge in [0.25, 0.3) is 5.91 Å². The molecule has 0 bridgehead atoms. The van der Waals surface area contributed by atoms with Crippen LogP contribution in [0.2, 0.25) is 0 Å². The number of carbonyl (C=O) groups excluding carboxylic acids is 1. The van der Waals surface area contributed by atoms with Crippen LogP contribution in [0.1, 0.15) is 16.8 Å². The average Bonchev–Trinajstić information content (AvgIpc) is 2.86. The lowest BCUT2D eigenvalue weighted by Gasteiger charge is -2.10. The minimum absolute atomic E-state index is 0.227. The van der Waals surface area contributed by atoms with Gasteiger partial charge >= 0.3 is 0 Å². The van der Waals surface area contributed by atoms with E-state index in [2.05, 4.69) is 10.3 Å². The molecule has 3 aromatic rings. The third-order valence-electron chi connectivity index (χ3n) is 3.92. The van der Waals surface area contributed by atoms with E-state index < -0.39 is 0 Å². The number of aromatic nitrogens is 1. The van der Waals surface area contributed by atoms with Crippen LogP contribution in [0.15, 0.2) is 54.7 Å². The molecule has 0 atom stereocenters. The summed E-state index contributed by atoms with van der Waals surface area (Å²) in [7, 11) is 0. The molecule has 1 aromatic heterocycles. The van der Waals surface area contributed by atoms with Crippen LogP contribution in [-0.4, -0.2) is 24.1 Å². The van der Waals surface area contributed by atoms with E-state index >= 15 is 0 Å². The molecule has 5 heteroatoms. The lowest BCUT2D eigenvalue weighted by atomic mass is 10.1. The fraction of sp³-hybridized carbons (Fsp3) is 0.158. The molecule has 4 rings (SSSR count). The number of carbonyl (C=O) groups is 1. The quantitative estimate of drug-likeness (QED) is 0.783. The third kappa shape index (κ3) is 2.76. The number of pyridine rings is 1. The fourth-order valence-corrected chi connectivity index (χ4v) is 2.70. The number of hydrogen-bond acceptors (Lipinski definition) is 4. The second-order valence-electron chi connectivity index (χ2n) is 5.55. The monoisotopic (exact) mass is 320 g/mol. The summed E-state index contributed by atoms with van der Waals surface area (Å²) in [5.41, 5.74) is 0.508. The molecule has 24 heavy (non-hydrogen) atoms. The molecule has 5 nitrogen and oxygen atoms in total. The highest BCUT2D eigenvalue weighted by Crippen LogP contribution is 2.31. The van der Waals surface area contributed by atoms with Gasteiger partial charge in [0, 0.05) is 23.6 Å². The summed E-state index contributed by atoms with van der Waals surface area (Å²) < 4.78 is 11.2. The molecule has 1 amide bonds. The van der Waals surface area contributed by atoms with Gasteiger partial charge in [-0.1, -0.05) is 24.3 Å². The smallest absolute Gasteiger partial charge is 0.256 e. The molecule has 0 radical (unpaired) electrons. The maximum Gasteiger partial charge on any atom is 0.256 e. The first-order chi connectivity index (χ1) is 11.8. The Kier molecular flexibility index (Phi) is 3.75. The van der Waals surface area contributed by atoms with Crippen molar-refractivity contribution in [2.75, 3.05) is 18.5 Å². The van der Waals surface area contributed by atoms with Gasteiger partial charge in [-0.3, -0.25) is 4.79 Å². The Bertz CT molecular complexity index is 903. The first-order valence-corrected chi connectivity index (χ1v) is 7.86. The van der Waals surface area contributed by atoms with Crippen molar-refractivity contribution in [3.63, 3.8) is 0 Å². The van der Waals surface area contributed by atoms with Crippen LogP contribution in [0.5, 0.6) is 11.5 Å². The summed E-state index contributed by atoms with van der Waals surface area (Å²) in [5.74, 6) is 1.60. The Labute approximate surface area is 139 Å². The van der Waals surface area contributed by atoms with Crippen molar-refractivity contribution in [1.29, 1.82) is 0 Å². The van der Waals surface area contributed by atoms with Crippen molar-refractivity contribution in [3.05, 3.63) is 60.3 Å². The van der Waals surface area contributed by atoms with E-state index in [0.29, 0.717) is 36.1 Å². The van der Waals surface area contributed by atoms with Crippen LogP contribution in [-0.2, 0) is 0 Å². The van der Waals surface area contributed by atoms with Crippen LogP contribution in [0.4, 0.5) is 5.82 Å². The molecule has 0 aliphatic carbocycles. The Morgan fingerprint density at radius 1 is 1.00 bits per heavy atom.